The van der Waals surface area contributed by atoms with Gasteiger partial charge in [0.15, 0.2) is 0 Å². The van der Waals surface area contributed by atoms with Gasteiger partial charge in [0.05, 0.1) is 0 Å². The Kier molecular flexibility index (Phi) is 6.56. The first-order valence-electron chi connectivity index (χ1n) is 10.8. The number of hydrogen-bond acceptors (Lipinski definition) is 1. The fourth-order valence-corrected chi connectivity index (χ4v) is 4.79. The zero-order valence-corrected chi connectivity index (χ0v) is 19.8. The minimum atomic E-state index is 0.236. The Hall–Kier alpha value is -2.74. The van der Waals surface area contributed by atoms with E-state index in [0.717, 1.165) is 0 Å². The lowest BCUT2D eigenvalue weighted by molar-refractivity contribution is 1.13. The Morgan fingerprint density at radius 3 is 1.40 bits per heavy atom. The average Bonchev–Trinajstić information content (AvgIpc) is 2.64. The Morgan fingerprint density at radius 2 is 1.03 bits per heavy atom. The van der Waals surface area contributed by atoms with Gasteiger partial charge in [-0.15, -0.1) is 5.98 Å². The van der Waals surface area contributed by atoms with Gasteiger partial charge in [0.25, 0.3) is 0 Å². The second kappa shape index (κ2) is 8.96. The molecule has 0 saturated carbocycles. The summed E-state index contributed by atoms with van der Waals surface area (Å²) in [5.74, 6) is 2.39. The zero-order valence-electron chi connectivity index (χ0n) is 19.8. The van der Waals surface area contributed by atoms with E-state index in [1.807, 2.05) is 0 Å². The molecule has 3 aromatic rings. The predicted molar refractivity (Wildman–Crippen MR) is 136 cm³/mol. The van der Waals surface area contributed by atoms with Crippen molar-refractivity contribution in [2.75, 3.05) is 19.0 Å². The summed E-state index contributed by atoms with van der Waals surface area (Å²) in [6, 6.07) is 18.0. The molecule has 0 aliphatic heterocycles. The molecule has 3 aromatic carbocycles. The first-order chi connectivity index (χ1) is 14.2. The van der Waals surface area contributed by atoms with E-state index in [-0.39, 0.29) is 6.71 Å². The van der Waals surface area contributed by atoms with Gasteiger partial charge in [0.1, 0.15) is 0 Å². The third-order valence-electron chi connectivity index (χ3n) is 5.99. The van der Waals surface area contributed by atoms with Gasteiger partial charge in [-0.3, -0.25) is 0 Å². The summed E-state index contributed by atoms with van der Waals surface area (Å²) in [7, 11) is 4.15. The lowest BCUT2D eigenvalue weighted by atomic mass is 9.37. The standard InChI is InChI=1S/C28H34BN/c1-19-15-21(3)27(22(4)16-19)29(28-23(5)17-20(2)18-24(28)6)14-13-25-9-11-26(12-10-25)30(7)8/h9-18H,1-8H3/b14-13+. The summed E-state index contributed by atoms with van der Waals surface area (Å²) in [6.07, 6.45) is 2.28. The third-order valence-corrected chi connectivity index (χ3v) is 5.99. The molecule has 0 radical (unpaired) electrons. The summed E-state index contributed by atoms with van der Waals surface area (Å²) < 4.78 is 0. The summed E-state index contributed by atoms with van der Waals surface area (Å²) in [4.78, 5) is 2.13. The molecule has 0 aromatic heterocycles. The highest BCUT2D eigenvalue weighted by molar-refractivity contribution is 6.90. The van der Waals surface area contributed by atoms with Crippen molar-refractivity contribution in [2.45, 2.75) is 41.5 Å². The van der Waals surface area contributed by atoms with E-state index in [1.165, 1.54) is 55.6 Å². The van der Waals surface area contributed by atoms with E-state index >= 15 is 0 Å². The van der Waals surface area contributed by atoms with Crippen LogP contribution >= 0.6 is 0 Å². The van der Waals surface area contributed by atoms with Crippen molar-refractivity contribution in [3.05, 3.63) is 93.5 Å². The van der Waals surface area contributed by atoms with Gasteiger partial charge in [0.2, 0.25) is 6.71 Å². The van der Waals surface area contributed by atoms with E-state index in [9.17, 15) is 0 Å². The Bertz CT molecular complexity index is 971. The quantitative estimate of drug-likeness (QED) is 0.518. The van der Waals surface area contributed by atoms with Crippen molar-refractivity contribution in [1.29, 1.82) is 0 Å². The first-order valence-corrected chi connectivity index (χ1v) is 10.8. The van der Waals surface area contributed by atoms with Gasteiger partial charge >= 0.3 is 0 Å². The number of anilines is 1. The Balaban J connectivity index is 2.14. The minimum absolute atomic E-state index is 0.236. The van der Waals surface area contributed by atoms with Crippen molar-refractivity contribution < 1.29 is 0 Å². The van der Waals surface area contributed by atoms with E-state index in [4.69, 9.17) is 0 Å². The highest BCUT2D eigenvalue weighted by atomic mass is 15.1. The van der Waals surface area contributed by atoms with Gasteiger partial charge in [-0.1, -0.05) is 86.8 Å². The Morgan fingerprint density at radius 1 is 0.633 bits per heavy atom. The highest BCUT2D eigenvalue weighted by Crippen LogP contribution is 2.16. The van der Waals surface area contributed by atoms with Crippen LogP contribution in [0.15, 0.2) is 54.5 Å². The monoisotopic (exact) mass is 395 g/mol. The maximum absolute atomic E-state index is 2.39. The molecular weight excluding hydrogens is 361 g/mol. The number of nitrogens with zero attached hydrogens (tertiary/aromatic N) is 1. The van der Waals surface area contributed by atoms with Crippen LogP contribution in [-0.2, 0) is 0 Å². The van der Waals surface area contributed by atoms with E-state index in [1.54, 1.807) is 0 Å². The van der Waals surface area contributed by atoms with Crippen molar-refractivity contribution in [2.24, 2.45) is 0 Å². The number of aryl methyl sites for hydroxylation is 6. The molecule has 0 unspecified atom stereocenters. The van der Waals surface area contributed by atoms with E-state index < -0.39 is 0 Å². The van der Waals surface area contributed by atoms with Crippen LogP contribution in [0, 0.1) is 41.5 Å². The molecule has 0 spiro atoms. The smallest absolute Gasteiger partial charge is 0.235 e. The molecule has 3 rings (SSSR count). The van der Waals surface area contributed by atoms with Gasteiger partial charge in [-0.25, -0.2) is 0 Å². The fraction of sp³-hybridized carbons (Fsp3) is 0.286. The molecule has 154 valence electrons. The van der Waals surface area contributed by atoms with Crippen LogP contribution in [0.3, 0.4) is 0 Å². The van der Waals surface area contributed by atoms with Crippen molar-refractivity contribution in [3.63, 3.8) is 0 Å². The molecule has 0 atom stereocenters. The van der Waals surface area contributed by atoms with Crippen LogP contribution in [0.5, 0.6) is 0 Å². The zero-order chi connectivity index (χ0) is 22.0. The summed E-state index contributed by atoms with van der Waals surface area (Å²) in [6.45, 7) is 13.6. The fourth-order valence-electron chi connectivity index (χ4n) is 4.79. The molecule has 0 fully saturated rings. The normalized spacial score (nSPS) is 11.2. The Labute approximate surface area is 183 Å². The van der Waals surface area contributed by atoms with Crippen molar-refractivity contribution in [3.8, 4) is 0 Å². The summed E-state index contributed by atoms with van der Waals surface area (Å²) >= 11 is 0. The predicted octanol–water partition coefficient (Wildman–Crippen LogP) is 5.46. The molecule has 0 N–H and O–H groups in total. The van der Waals surface area contributed by atoms with Gasteiger partial charge in [0, 0.05) is 19.8 Å². The first kappa shape index (κ1) is 22.0. The summed E-state index contributed by atoms with van der Waals surface area (Å²) in [5.41, 5.74) is 13.4. The summed E-state index contributed by atoms with van der Waals surface area (Å²) in [5, 5.41) is 0. The number of benzene rings is 3. The molecule has 0 heterocycles. The van der Waals surface area contributed by atoms with Gasteiger partial charge in [-0.2, -0.15) is 0 Å². The molecule has 0 bridgehead atoms. The maximum Gasteiger partial charge on any atom is 0.235 e. The van der Waals surface area contributed by atoms with E-state index in [2.05, 4.69) is 121 Å². The van der Waals surface area contributed by atoms with Gasteiger partial charge < -0.3 is 4.90 Å². The molecule has 0 aliphatic rings. The molecule has 0 aliphatic carbocycles. The van der Waals surface area contributed by atoms with Crippen LogP contribution in [-0.4, -0.2) is 20.8 Å². The number of rotatable bonds is 5. The third kappa shape index (κ3) is 4.70. The second-order valence-electron chi connectivity index (χ2n) is 8.95. The maximum atomic E-state index is 2.39. The highest BCUT2D eigenvalue weighted by Gasteiger charge is 2.24. The largest absolute Gasteiger partial charge is 0.378 e. The SMILES string of the molecule is Cc1cc(C)c(B(/C=C/c2ccc(N(C)C)cc2)c2c(C)cc(C)cc2C)c(C)c1. The van der Waals surface area contributed by atoms with Gasteiger partial charge in [-0.05, 0) is 59.2 Å². The lowest BCUT2D eigenvalue weighted by Crippen LogP contribution is -2.46. The van der Waals surface area contributed by atoms with E-state index in [0.29, 0.717) is 0 Å². The van der Waals surface area contributed by atoms with Crippen LogP contribution in [0.25, 0.3) is 6.08 Å². The van der Waals surface area contributed by atoms with Crippen LogP contribution < -0.4 is 15.8 Å². The molecular formula is C28H34BN. The molecule has 0 saturated heterocycles. The topological polar surface area (TPSA) is 3.24 Å². The lowest BCUT2D eigenvalue weighted by Gasteiger charge is -2.22. The molecule has 1 nitrogen and oxygen atoms in total. The molecule has 2 heteroatoms. The van der Waals surface area contributed by atoms with Crippen LogP contribution in [0.2, 0.25) is 0 Å². The van der Waals surface area contributed by atoms with Crippen molar-refractivity contribution >= 4 is 29.4 Å². The molecule has 0 amide bonds. The van der Waals surface area contributed by atoms with Crippen LogP contribution in [0.4, 0.5) is 5.69 Å². The van der Waals surface area contributed by atoms with Crippen molar-refractivity contribution in [1.82, 2.24) is 0 Å². The van der Waals surface area contributed by atoms with Crippen LogP contribution in [0.1, 0.15) is 38.9 Å². The average molecular weight is 395 g/mol. The second-order valence-corrected chi connectivity index (χ2v) is 8.95. The molecule has 30 heavy (non-hydrogen) atoms. The number of hydrogen-bond donors (Lipinski definition) is 0. The minimum Gasteiger partial charge on any atom is -0.378 e.